The van der Waals surface area contributed by atoms with Crippen LogP contribution in [-0.4, -0.2) is 17.1 Å². The van der Waals surface area contributed by atoms with Gasteiger partial charge in [-0.25, -0.2) is 4.39 Å². The molecule has 0 heterocycles. The van der Waals surface area contributed by atoms with E-state index in [0.717, 1.165) is 6.42 Å². The Morgan fingerprint density at radius 1 is 1.56 bits per heavy atom. The molecular formula is C13H17ClFNO2. The molecule has 0 radical (unpaired) electrons. The summed E-state index contributed by atoms with van der Waals surface area (Å²) in [5.74, 6) is -1.36. The largest absolute Gasteiger partial charge is 0.480 e. The lowest BCUT2D eigenvalue weighted by atomic mass is 9.99. The highest BCUT2D eigenvalue weighted by molar-refractivity contribution is 6.30. The number of hydrogen-bond donors (Lipinski definition) is 2. The maximum atomic E-state index is 13.5. The van der Waals surface area contributed by atoms with Crippen molar-refractivity contribution < 1.29 is 14.3 Å². The zero-order valence-electron chi connectivity index (χ0n) is 10.4. The number of carboxylic acids is 1. The summed E-state index contributed by atoms with van der Waals surface area (Å²) in [7, 11) is 0. The number of rotatable bonds is 6. The van der Waals surface area contributed by atoms with Crippen LogP contribution in [0.15, 0.2) is 18.2 Å². The van der Waals surface area contributed by atoms with Gasteiger partial charge in [-0.15, -0.1) is 0 Å². The Morgan fingerprint density at radius 2 is 2.22 bits per heavy atom. The number of nitrogens with one attached hydrogen (secondary N) is 1. The molecule has 0 aliphatic heterocycles. The van der Waals surface area contributed by atoms with Gasteiger partial charge in [-0.2, -0.15) is 0 Å². The highest BCUT2D eigenvalue weighted by atomic mass is 35.5. The molecule has 0 fully saturated rings. The van der Waals surface area contributed by atoms with E-state index in [1.165, 1.54) is 6.07 Å². The van der Waals surface area contributed by atoms with Crippen molar-refractivity contribution in [2.24, 2.45) is 5.92 Å². The minimum absolute atomic E-state index is 0.0159. The first kappa shape index (κ1) is 14.9. The van der Waals surface area contributed by atoms with E-state index >= 15 is 0 Å². The smallest absolute Gasteiger partial charge is 0.320 e. The monoisotopic (exact) mass is 273 g/mol. The second-order valence-electron chi connectivity index (χ2n) is 4.32. The fraction of sp³-hybridized carbons (Fsp3) is 0.462. The Hall–Kier alpha value is -1.13. The number of carboxylic acid groups (broad SMARTS) is 1. The maximum Gasteiger partial charge on any atom is 0.320 e. The molecule has 1 rings (SSSR count). The van der Waals surface area contributed by atoms with Crippen molar-refractivity contribution in [1.29, 1.82) is 0 Å². The van der Waals surface area contributed by atoms with Gasteiger partial charge in [-0.1, -0.05) is 37.9 Å². The third-order valence-electron chi connectivity index (χ3n) is 3.01. The lowest BCUT2D eigenvalue weighted by Gasteiger charge is -2.20. The van der Waals surface area contributed by atoms with Crippen molar-refractivity contribution >= 4 is 17.6 Å². The molecule has 0 saturated heterocycles. The fourth-order valence-corrected chi connectivity index (χ4v) is 1.81. The van der Waals surface area contributed by atoms with Crippen molar-refractivity contribution in [1.82, 2.24) is 5.32 Å². The quantitative estimate of drug-likeness (QED) is 0.837. The van der Waals surface area contributed by atoms with E-state index < -0.39 is 17.8 Å². The van der Waals surface area contributed by atoms with Gasteiger partial charge in [0.2, 0.25) is 0 Å². The zero-order chi connectivity index (χ0) is 13.7. The molecule has 100 valence electrons. The summed E-state index contributed by atoms with van der Waals surface area (Å²) in [5.41, 5.74) is 0.411. The molecule has 0 spiro atoms. The molecule has 0 bridgehead atoms. The molecule has 18 heavy (non-hydrogen) atoms. The third kappa shape index (κ3) is 3.96. The normalized spacial score (nSPS) is 14.2. The highest BCUT2D eigenvalue weighted by Gasteiger charge is 2.22. The first-order valence-corrected chi connectivity index (χ1v) is 6.23. The van der Waals surface area contributed by atoms with Crippen LogP contribution < -0.4 is 5.32 Å². The topological polar surface area (TPSA) is 49.3 Å². The van der Waals surface area contributed by atoms with Gasteiger partial charge in [0.15, 0.2) is 0 Å². The van der Waals surface area contributed by atoms with Crippen LogP contribution in [0.25, 0.3) is 0 Å². The van der Waals surface area contributed by atoms with Crippen LogP contribution in [0.5, 0.6) is 0 Å². The van der Waals surface area contributed by atoms with Gasteiger partial charge < -0.3 is 5.11 Å². The average molecular weight is 274 g/mol. The molecule has 0 aliphatic carbocycles. The van der Waals surface area contributed by atoms with Crippen molar-refractivity contribution in [2.75, 3.05) is 0 Å². The van der Waals surface area contributed by atoms with E-state index in [0.29, 0.717) is 10.6 Å². The molecule has 0 amide bonds. The summed E-state index contributed by atoms with van der Waals surface area (Å²) in [6, 6.07) is 3.68. The number of halogens is 2. The van der Waals surface area contributed by atoms with Crippen LogP contribution in [0.2, 0.25) is 5.02 Å². The van der Waals surface area contributed by atoms with E-state index in [1.54, 1.807) is 12.1 Å². The molecule has 2 N–H and O–H groups in total. The Morgan fingerprint density at radius 3 is 2.72 bits per heavy atom. The average Bonchev–Trinajstić information content (AvgIpc) is 2.31. The fourth-order valence-electron chi connectivity index (χ4n) is 1.65. The molecule has 0 aromatic heterocycles. The summed E-state index contributed by atoms with van der Waals surface area (Å²) < 4.78 is 13.5. The molecule has 2 atom stereocenters. The van der Waals surface area contributed by atoms with Crippen molar-refractivity contribution in [3.05, 3.63) is 34.6 Å². The summed E-state index contributed by atoms with van der Waals surface area (Å²) in [5, 5.41) is 12.3. The molecule has 0 saturated carbocycles. The lowest BCUT2D eigenvalue weighted by Crippen LogP contribution is -2.41. The van der Waals surface area contributed by atoms with E-state index in [-0.39, 0.29) is 12.5 Å². The molecule has 3 nitrogen and oxygen atoms in total. The standard InChI is InChI=1S/C13H17ClFNO2/c1-3-8(2)12(13(17)18)16-7-9-4-5-10(14)6-11(9)15/h4-6,8,12,16H,3,7H2,1-2H3,(H,17,18)/t8-,12-/m0/s1. The van der Waals surface area contributed by atoms with Crippen LogP contribution in [-0.2, 0) is 11.3 Å². The number of hydrogen-bond acceptors (Lipinski definition) is 2. The zero-order valence-corrected chi connectivity index (χ0v) is 11.2. The van der Waals surface area contributed by atoms with Crippen molar-refractivity contribution in [2.45, 2.75) is 32.9 Å². The lowest BCUT2D eigenvalue weighted by molar-refractivity contribution is -0.140. The van der Waals surface area contributed by atoms with E-state index in [4.69, 9.17) is 16.7 Å². The van der Waals surface area contributed by atoms with Crippen LogP contribution in [0.3, 0.4) is 0 Å². The first-order chi connectivity index (χ1) is 8.45. The molecule has 1 aromatic rings. The van der Waals surface area contributed by atoms with E-state index in [2.05, 4.69) is 5.32 Å². The van der Waals surface area contributed by atoms with Crippen LogP contribution in [0.4, 0.5) is 4.39 Å². The summed E-state index contributed by atoms with van der Waals surface area (Å²) >= 11 is 5.65. The van der Waals surface area contributed by atoms with Gasteiger partial charge >= 0.3 is 5.97 Å². The van der Waals surface area contributed by atoms with Gasteiger partial charge in [0.25, 0.3) is 0 Å². The third-order valence-corrected chi connectivity index (χ3v) is 3.24. The molecule has 0 unspecified atom stereocenters. The molecular weight excluding hydrogens is 257 g/mol. The van der Waals surface area contributed by atoms with Crippen LogP contribution >= 0.6 is 11.6 Å². The number of carbonyl (C=O) groups is 1. The second-order valence-corrected chi connectivity index (χ2v) is 4.75. The van der Waals surface area contributed by atoms with Gasteiger partial charge in [-0.05, 0) is 18.1 Å². The van der Waals surface area contributed by atoms with E-state index in [1.807, 2.05) is 13.8 Å². The Kier molecular flexibility index (Phi) is 5.56. The Bertz CT molecular complexity index is 425. The van der Waals surface area contributed by atoms with Crippen molar-refractivity contribution in [3.8, 4) is 0 Å². The Balaban J connectivity index is 2.70. The summed E-state index contributed by atoms with van der Waals surface area (Å²) in [6.45, 7) is 3.94. The van der Waals surface area contributed by atoms with Gasteiger partial charge in [0.1, 0.15) is 11.9 Å². The van der Waals surface area contributed by atoms with Gasteiger partial charge in [0.05, 0.1) is 0 Å². The SMILES string of the molecule is CC[C@H](C)[C@H](NCc1ccc(Cl)cc1F)C(=O)O. The predicted octanol–water partition coefficient (Wildman–Crippen LogP) is 3.07. The molecule has 1 aromatic carbocycles. The van der Waals surface area contributed by atoms with Gasteiger partial charge in [-0.3, -0.25) is 10.1 Å². The molecule has 0 aliphatic rings. The summed E-state index contributed by atoms with van der Waals surface area (Å²) in [4.78, 5) is 11.1. The van der Waals surface area contributed by atoms with Crippen LogP contribution in [0, 0.1) is 11.7 Å². The highest BCUT2D eigenvalue weighted by Crippen LogP contribution is 2.15. The maximum absolute atomic E-state index is 13.5. The van der Waals surface area contributed by atoms with Gasteiger partial charge in [0, 0.05) is 17.1 Å². The first-order valence-electron chi connectivity index (χ1n) is 5.85. The summed E-state index contributed by atoms with van der Waals surface area (Å²) in [6.07, 6.45) is 0.743. The predicted molar refractivity (Wildman–Crippen MR) is 69.1 cm³/mol. The minimum Gasteiger partial charge on any atom is -0.480 e. The second kappa shape index (κ2) is 6.71. The number of aliphatic carboxylic acids is 1. The van der Waals surface area contributed by atoms with Crippen LogP contribution in [0.1, 0.15) is 25.8 Å². The number of benzene rings is 1. The van der Waals surface area contributed by atoms with Crippen molar-refractivity contribution in [3.63, 3.8) is 0 Å². The minimum atomic E-state index is -0.918. The van der Waals surface area contributed by atoms with E-state index in [9.17, 15) is 9.18 Å². The molecule has 5 heteroatoms. The Labute approximate surface area is 111 Å².